The fourth-order valence-corrected chi connectivity index (χ4v) is 8.43. The number of amides is 1. The molecule has 0 aromatic carbocycles. The van der Waals surface area contributed by atoms with Crippen molar-refractivity contribution >= 4 is 35.4 Å². The zero-order chi connectivity index (χ0) is 44.0. The van der Waals surface area contributed by atoms with Gasteiger partial charge in [-0.05, 0) is 12.8 Å². The lowest BCUT2D eigenvalue weighted by molar-refractivity contribution is -0.200. The average Bonchev–Trinajstić information content (AvgIpc) is 3.69. The summed E-state index contributed by atoms with van der Waals surface area (Å²) in [6, 6.07) is -2.37. The van der Waals surface area contributed by atoms with Crippen molar-refractivity contribution in [3.8, 4) is 0 Å². The Morgan fingerprint density at radius 1 is 0.650 bits per heavy atom. The van der Waals surface area contributed by atoms with E-state index in [0.29, 0.717) is 6.42 Å². The van der Waals surface area contributed by atoms with Gasteiger partial charge in [0.1, 0.15) is 49.3 Å². The molecular formula is C44H81N5O10S. The molecule has 1 aliphatic rings. The SMILES string of the molecule is CCCCCCCCCCCCCCC(=O)OC[C@H](CSC[C@@H](N)C(=O)Nc1cn(C2[C@H](O)[C@H](O)[C@@H](O)[C@H](O)[C@H]2O)nn1)OC(=O)CCCCCCCCCCCCCC. The number of thioether (sulfide) groups is 1. The Labute approximate surface area is 363 Å². The molecule has 0 saturated heterocycles. The van der Waals surface area contributed by atoms with Gasteiger partial charge in [-0.15, -0.1) is 5.10 Å². The van der Waals surface area contributed by atoms with Crippen molar-refractivity contribution in [3.05, 3.63) is 6.20 Å². The largest absolute Gasteiger partial charge is 0.462 e. The molecule has 1 aliphatic carbocycles. The Hall–Kier alpha value is -2.34. The molecule has 1 amide bonds. The van der Waals surface area contributed by atoms with Crippen LogP contribution in [0.3, 0.4) is 0 Å². The normalized spacial score (nSPS) is 21.4. The van der Waals surface area contributed by atoms with E-state index >= 15 is 0 Å². The lowest BCUT2D eigenvalue weighted by atomic mass is 9.83. The summed E-state index contributed by atoms with van der Waals surface area (Å²) < 4.78 is 12.3. The van der Waals surface area contributed by atoms with Gasteiger partial charge < -0.3 is 46.1 Å². The zero-order valence-corrected chi connectivity index (χ0v) is 37.6. The first-order chi connectivity index (χ1) is 29.0. The maximum Gasteiger partial charge on any atom is 0.306 e. The van der Waals surface area contributed by atoms with E-state index in [0.717, 1.165) is 49.6 Å². The van der Waals surface area contributed by atoms with Crippen molar-refractivity contribution < 1.29 is 49.4 Å². The van der Waals surface area contributed by atoms with Gasteiger partial charge in [-0.3, -0.25) is 14.4 Å². The molecule has 0 radical (unpaired) electrons. The van der Waals surface area contributed by atoms with Crippen molar-refractivity contribution in [3.63, 3.8) is 0 Å². The summed E-state index contributed by atoms with van der Waals surface area (Å²) in [6.45, 7) is 4.38. The van der Waals surface area contributed by atoms with Crippen LogP contribution in [0.5, 0.6) is 0 Å². The molecule has 1 aromatic heterocycles. The molecule has 0 aliphatic heterocycles. The van der Waals surface area contributed by atoms with Crippen LogP contribution >= 0.6 is 11.8 Å². The topological polar surface area (TPSA) is 240 Å². The number of unbranched alkanes of at least 4 members (excludes halogenated alkanes) is 22. The van der Waals surface area contributed by atoms with E-state index in [1.165, 1.54) is 127 Å². The first-order valence-corrected chi connectivity index (χ1v) is 24.5. The van der Waals surface area contributed by atoms with Gasteiger partial charge in [0.2, 0.25) is 5.91 Å². The third-order valence-electron chi connectivity index (χ3n) is 11.3. The van der Waals surface area contributed by atoms with Crippen molar-refractivity contribution in [1.82, 2.24) is 15.0 Å². The van der Waals surface area contributed by atoms with E-state index in [-0.39, 0.29) is 42.3 Å². The monoisotopic (exact) mass is 872 g/mol. The zero-order valence-electron chi connectivity index (χ0n) is 36.8. The second-order valence-electron chi connectivity index (χ2n) is 16.7. The molecule has 8 atom stereocenters. The number of aliphatic hydroxyl groups excluding tert-OH is 5. The standard InChI is InChI=1S/C44H81N5O10S/c1-3-5-7-9-11-13-15-17-19-21-23-25-27-36(50)58-30-33(59-37(51)28-26-24-22-20-18-16-14-12-10-8-6-4-2)31-60-32-34(45)44(57)46-35-29-49(48-47-35)38-39(52)41(54)43(56)42(55)40(38)53/h29,33-34,38-43,52-56H,3-28,30-32,45H2,1-2H3,(H,46,57)/t33-,34-,38?,39+,40+,41-,42+,43+/m1/s1. The molecular weight excluding hydrogens is 791 g/mol. The molecule has 2 rings (SSSR count). The summed E-state index contributed by atoms with van der Waals surface area (Å²) in [5.41, 5.74) is 6.16. The number of nitrogens with zero attached hydrogens (tertiary/aromatic N) is 3. The molecule has 1 unspecified atom stereocenters. The second kappa shape index (κ2) is 33.2. The number of nitrogens with one attached hydrogen (secondary N) is 1. The van der Waals surface area contributed by atoms with Gasteiger partial charge in [0.25, 0.3) is 0 Å². The number of carbonyl (C=O) groups excluding carboxylic acids is 3. The molecule has 16 heteroatoms. The van der Waals surface area contributed by atoms with Gasteiger partial charge >= 0.3 is 11.9 Å². The molecule has 1 aromatic rings. The first-order valence-electron chi connectivity index (χ1n) is 23.3. The van der Waals surface area contributed by atoms with E-state index in [1.807, 2.05) is 0 Å². The summed E-state index contributed by atoms with van der Waals surface area (Å²) in [6.07, 6.45) is 21.1. The van der Waals surface area contributed by atoms with E-state index in [4.69, 9.17) is 15.2 Å². The number of hydrogen-bond acceptors (Lipinski definition) is 14. The van der Waals surface area contributed by atoms with Crippen LogP contribution in [0.4, 0.5) is 5.82 Å². The molecule has 1 fully saturated rings. The highest BCUT2D eigenvalue weighted by Gasteiger charge is 2.49. The molecule has 0 spiro atoms. The van der Waals surface area contributed by atoms with Crippen molar-refractivity contribution in [2.75, 3.05) is 23.4 Å². The minimum Gasteiger partial charge on any atom is -0.462 e. The Morgan fingerprint density at radius 2 is 1.07 bits per heavy atom. The van der Waals surface area contributed by atoms with E-state index in [2.05, 4.69) is 29.5 Å². The number of carbonyl (C=O) groups is 3. The van der Waals surface area contributed by atoms with Crippen LogP contribution in [0.15, 0.2) is 6.20 Å². The summed E-state index contributed by atoms with van der Waals surface area (Å²) in [4.78, 5) is 38.4. The van der Waals surface area contributed by atoms with Gasteiger partial charge in [0.15, 0.2) is 5.82 Å². The molecule has 15 nitrogen and oxygen atoms in total. The van der Waals surface area contributed by atoms with Gasteiger partial charge in [-0.2, -0.15) is 11.8 Å². The average molecular weight is 872 g/mol. The highest BCUT2D eigenvalue weighted by Crippen LogP contribution is 2.30. The maximum absolute atomic E-state index is 12.9. The van der Waals surface area contributed by atoms with Crippen molar-refractivity contribution in [2.45, 2.75) is 229 Å². The molecule has 60 heavy (non-hydrogen) atoms. The summed E-state index contributed by atoms with van der Waals surface area (Å²) in [5, 5.41) is 60.9. The molecule has 8 N–H and O–H groups in total. The van der Waals surface area contributed by atoms with Crippen LogP contribution in [0.2, 0.25) is 0 Å². The smallest absolute Gasteiger partial charge is 0.306 e. The lowest BCUT2D eigenvalue weighted by Gasteiger charge is -2.41. The Morgan fingerprint density at radius 3 is 1.53 bits per heavy atom. The number of anilines is 1. The fourth-order valence-electron chi connectivity index (χ4n) is 7.47. The predicted molar refractivity (Wildman–Crippen MR) is 235 cm³/mol. The van der Waals surface area contributed by atoms with Crippen LogP contribution in [0.25, 0.3) is 0 Å². The predicted octanol–water partition coefficient (Wildman–Crippen LogP) is 6.27. The third kappa shape index (κ3) is 22.7. The van der Waals surface area contributed by atoms with Crippen LogP contribution in [-0.2, 0) is 23.9 Å². The van der Waals surface area contributed by atoms with E-state index in [9.17, 15) is 39.9 Å². The second-order valence-corrected chi connectivity index (χ2v) is 17.8. The van der Waals surface area contributed by atoms with Crippen LogP contribution in [-0.4, -0.2) is 119 Å². The fraction of sp³-hybridized carbons (Fsp3) is 0.886. The van der Waals surface area contributed by atoms with Crippen molar-refractivity contribution in [2.24, 2.45) is 5.73 Å². The number of nitrogens with two attached hydrogens (primary N) is 1. The number of esters is 2. The molecule has 348 valence electrons. The van der Waals surface area contributed by atoms with Gasteiger partial charge in [0.05, 0.1) is 12.2 Å². The minimum absolute atomic E-state index is 0.0559. The van der Waals surface area contributed by atoms with Gasteiger partial charge in [-0.25, -0.2) is 4.68 Å². The summed E-state index contributed by atoms with van der Waals surface area (Å²) in [5.74, 6) is -0.954. The number of aliphatic hydroxyl groups is 5. The van der Waals surface area contributed by atoms with Gasteiger partial charge in [-0.1, -0.05) is 160 Å². The van der Waals surface area contributed by atoms with Crippen LogP contribution < -0.4 is 11.1 Å². The molecule has 1 saturated carbocycles. The number of rotatable bonds is 36. The number of ether oxygens (including phenoxy) is 2. The van der Waals surface area contributed by atoms with Gasteiger partial charge in [0, 0.05) is 24.3 Å². The first kappa shape index (κ1) is 53.8. The number of hydrogen-bond donors (Lipinski definition) is 7. The highest BCUT2D eigenvalue weighted by atomic mass is 32.2. The Bertz CT molecular complexity index is 1260. The molecule has 0 bridgehead atoms. The Kier molecular flexibility index (Phi) is 29.8. The van der Waals surface area contributed by atoms with E-state index < -0.39 is 54.6 Å². The van der Waals surface area contributed by atoms with Crippen molar-refractivity contribution in [1.29, 1.82) is 0 Å². The maximum atomic E-state index is 12.9. The quantitative estimate of drug-likeness (QED) is 0.0291. The van der Waals surface area contributed by atoms with E-state index in [1.54, 1.807) is 0 Å². The van der Waals surface area contributed by atoms with Crippen LogP contribution in [0, 0.1) is 0 Å². The molecule has 1 heterocycles. The van der Waals surface area contributed by atoms with Crippen LogP contribution in [0.1, 0.15) is 187 Å². The summed E-state index contributed by atoms with van der Waals surface area (Å²) >= 11 is 1.27. The lowest BCUT2D eigenvalue weighted by Crippen LogP contribution is -2.61. The summed E-state index contributed by atoms with van der Waals surface area (Å²) in [7, 11) is 0. The minimum atomic E-state index is -1.76. The third-order valence-corrected chi connectivity index (χ3v) is 12.5. The number of aromatic nitrogens is 3. The Balaban J connectivity index is 1.77. The highest BCUT2D eigenvalue weighted by molar-refractivity contribution is 7.99.